The lowest BCUT2D eigenvalue weighted by molar-refractivity contribution is -0.118. The van der Waals surface area contributed by atoms with Crippen LogP contribution in [0.1, 0.15) is 40.1 Å². The molecule has 1 heterocycles. The van der Waals surface area contributed by atoms with E-state index < -0.39 is 0 Å². The normalized spacial score (nSPS) is 13.3. The molecule has 128 valence electrons. The zero-order chi connectivity index (χ0) is 18.0. The number of amides is 3. The van der Waals surface area contributed by atoms with Gasteiger partial charge in [0.25, 0.3) is 11.8 Å². The minimum absolute atomic E-state index is 0.0289. The molecule has 0 atom stereocenters. The molecule has 0 spiro atoms. The predicted molar refractivity (Wildman–Crippen MR) is 95.4 cm³/mol. The summed E-state index contributed by atoms with van der Waals surface area (Å²) in [6, 6.07) is 14.3. The van der Waals surface area contributed by atoms with Crippen LogP contribution in [0.5, 0.6) is 0 Å². The van der Waals surface area contributed by atoms with Gasteiger partial charge in [-0.1, -0.05) is 38.1 Å². The van der Waals surface area contributed by atoms with Crippen molar-refractivity contribution in [3.8, 4) is 0 Å². The number of fused-ring (bicyclic) bond motifs is 1. The van der Waals surface area contributed by atoms with Crippen molar-refractivity contribution in [2.75, 3.05) is 11.9 Å². The Balaban J connectivity index is 1.62. The van der Waals surface area contributed by atoms with Crippen LogP contribution in [0.2, 0.25) is 0 Å². The van der Waals surface area contributed by atoms with E-state index in [4.69, 9.17) is 0 Å². The SMILES string of the molecule is CC(C)C(=O)Nc1ccc(CCN2C(=O)c3ccccc3C2=O)cc1. The highest BCUT2D eigenvalue weighted by atomic mass is 16.2. The molecule has 25 heavy (non-hydrogen) atoms. The highest BCUT2D eigenvalue weighted by Crippen LogP contribution is 2.22. The fourth-order valence-corrected chi connectivity index (χ4v) is 2.72. The number of anilines is 1. The van der Waals surface area contributed by atoms with E-state index in [1.165, 1.54) is 4.90 Å². The summed E-state index contributed by atoms with van der Waals surface area (Å²) in [5.74, 6) is -0.574. The molecule has 2 aromatic rings. The number of nitrogens with one attached hydrogen (secondary N) is 1. The van der Waals surface area contributed by atoms with E-state index in [1.807, 2.05) is 38.1 Å². The Hall–Kier alpha value is -2.95. The van der Waals surface area contributed by atoms with Crippen molar-refractivity contribution in [1.82, 2.24) is 4.90 Å². The third kappa shape index (κ3) is 3.45. The molecule has 1 aliphatic heterocycles. The smallest absolute Gasteiger partial charge is 0.261 e. The largest absolute Gasteiger partial charge is 0.326 e. The van der Waals surface area contributed by atoms with Crippen LogP contribution < -0.4 is 5.32 Å². The van der Waals surface area contributed by atoms with Gasteiger partial charge in [-0.2, -0.15) is 0 Å². The number of hydrogen-bond acceptors (Lipinski definition) is 3. The maximum Gasteiger partial charge on any atom is 0.261 e. The average Bonchev–Trinajstić information content (AvgIpc) is 2.85. The lowest BCUT2D eigenvalue weighted by atomic mass is 10.1. The van der Waals surface area contributed by atoms with E-state index in [2.05, 4.69) is 5.32 Å². The Morgan fingerprint density at radius 3 is 2.04 bits per heavy atom. The lowest BCUT2D eigenvalue weighted by Crippen LogP contribution is -2.31. The van der Waals surface area contributed by atoms with Crippen molar-refractivity contribution in [2.45, 2.75) is 20.3 Å². The van der Waals surface area contributed by atoms with Crippen molar-refractivity contribution in [2.24, 2.45) is 5.92 Å². The summed E-state index contributed by atoms with van der Waals surface area (Å²) in [6.07, 6.45) is 0.573. The van der Waals surface area contributed by atoms with Crippen molar-refractivity contribution < 1.29 is 14.4 Å². The van der Waals surface area contributed by atoms with E-state index in [1.54, 1.807) is 24.3 Å². The molecule has 0 unspecified atom stereocenters. The molecule has 0 saturated carbocycles. The third-order valence-corrected chi connectivity index (χ3v) is 4.25. The van der Waals surface area contributed by atoms with E-state index in [0.717, 1.165) is 11.3 Å². The topological polar surface area (TPSA) is 66.5 Å². The monoisotopic (exact) mass is 336 g/mol. The van der Waals surface area contributed by atoms with Crippen molar-refractivity contribution in [1.29, 1.82) is 0 Å². The quantitative estimate of drug-likeness (QED) is 0.853. The lowest BCUT2D eigenvalue weighted by Gasteiger charge is -2.14. The molecule has 5 heteroatoms. The van der Waals surface area contributed by atoms with Gasteiger partial charge in [0, 0.05) is 18.2 Å². The molecule has 3 rings (SSSR count). The van der Waals surface area contributed by atoms with E-state index in [-0.39, 0.29) is 23.6 Å². The third-order valence-electron chi connectivity index (χ3n) is 4.25. The van der Waals surface area contributed by atoms with Gasteiger partial charge in [-0.3, -0.25) is 19.3 Å². The van der Waals surface area contributed by atoms with Gasteiger partial charge in [0.15, 0.2) is 0 Å². The van der Waals surface area contributed by atoms with Gasteiger partial charge in [0.2, 0.25) is 5.91 Å². The summed E-state index contributed by atoms with van der Waals surface area (Å²) < 4.78 is 0. The second-order valence-electron chi connectivity index (χ2n) is 6.40. The summed E-state index contributed by atoms with van der Waals surface area (Å²) in [5, 5.41) is 2.83. The molecule has 2 aromatic carbocycles. The van der Waals surface area contributed by atoms with E-state index in [0.29, 0.717) is 24.1 Å². The van der Waals surface area contributed by atoms with Crippen LogP contribution in [0, 0.1) is 5.92 Å². The van der Waals surface area contributed by atoms with Crippen LogP contribution in [0.15, 0.2) is 48.5 Å². The van der Waals surface area contributed by atoms with Crippen molar-refractivity contribution in [3.05, 3.63) is 65.2 Å². The van der Waals surface area contributed by atoms with Gasteiger partial charge in [-0.15, -0.1) is 0 Å². The molecule has 5 nitrogen and oxygen atoms in total. The van der Waals surface area contributed by atoms with Gasteiger partial charge in [-0.25, -0.2) is 0 Å². The standard InChI is InChI=1S/C20H20N2O3/c1-13(2)18(23)21-15-9-7-14(8-10-15)11-12-22-19(24)16-5-3-4-6-17(16)20(22)25/h3-10,13H,11-12H2,1-2H3,(H,21,23). The zero-order valence-corrected chi connectivity index (χ0v) is 14.3. The number of hydrogen-bond donors (Lipinski definition) is 1. The van der Waals surface area contributed by atoms with Crippen LogP contribution in [0.3, 0.4) is 0 Å². The first-order valence-corrected chi connectivity index (χ1v) is 8.32. The maximum absolute atomic E-state index is 12.3. The average molecular weight is 336 g/mol. The van der Waals surface area contributed by atoms with Gasteiger partial charge in [0.1, 0.15) is 0 Å². The molecule has 0 fully saturated rings. The molecule has 0 radical (unpaired) electrons. The van der Waals surface area contributed by atoms with Crippen molar-refractivity contribution >= 4 is 23.4 Å². The van der Waals surface area contributed by atoms with Gasteiger partial charge in [-0.05, 0) is 36.2 Å². The first-order chi connectivity index (χ1) is 12.0. The summed E-state index contributed by atoms with van der Waals surface area (Å²) in [4.78, 5) is 37.6. The van der Waals surface area contributed by atoms with E-state index >= 15 is 0 Å². The molecule has 1 aliphatic rings. The van der Waals surface area contributed by atoms with Crippen molar-refractivity contribution in [3.63, 3.8) is 0 Å². The molecule has 0 aliphatic carbocycles. The molecule has 1 N–H and O–H groups in total. The molecule has 0 bridgehead atoms. The Bertz CT molecular complexity index is 790. The number of carbonyl (C=O) groups is 3. The van der Waals surface area contributed by atoms with E-state index in [9.17, 15) is 14.4 Å². The first kappa shape index (κ1) is 16.9. The molecule has 0 saturated heterocycles. The summed E-state index contributed by atoms with van der Waals surface area (Å²) >= 11 is 0. The summed E-state index contributed by atoms with van der Waals surface area (Å²) in [7, 11) is 0. The minimum atomic E-state index is -0.235. The molecule has 0 aromatic heterocycles. The molecular weight excluding hydrogens is 316 g/mol. The van der Waals surface area contributed by atoms with Crippen LogP contribution >= 0.6 is 0 Å². The maximum atomic E-state index is 12.3. The second-order valence-corrected chi connectivity index (χ2v) is 6.40. The fourth-order valence-electron chi connectivity index (χ4n) is 2.72. The molecular formula is C20H20N2O3. The number of nitrogens with zero attached hydrogens (tertiary/aromatic N) is 1. The Labute approximate surface area is 146 Å². The predicted octanol–water partition coefficient (Wildman–Crippen LogP) is 3.12. The van der Waals surface area contributed by atoms with Gasteiger partial charge < -0.3 is 5.32 Å². The van der Waals surface area contributed by atoms with Crippen LogP contribution in [-0.4, -0.2) is 29.2 Å². The number of benzene rings is 2. The number of rotatable bonds is 5. The fraction of sp³-hybridized carbons (Fsp3) is 0.250. The van der Waals surface area contributed by atoms with Crippen LogP contribution in [0.25, 0.3) is 0 Å². The summed E-state index contributed by atoms with van der Waals surface area (Å²) in [5.41, 5.74) is 2.68. The molecule has 3 amide bonds. The first-order valence-electron chi connectivity index (χ1n) is 8.32. The Kier molecular flexibility index (Phi) is 4.65. The highest BCUT2D eigenvalue weighted by Gasteiger charge is 2.34. The number of carbonyl (C=O) groups excluding carboxylic acids is 3. The van der Waals surface area contributed by atoms with Crippen LogP contribution in [0.4, 0.5) is 5.69 Å². The Morgan fingerprint density at radius 1 is 0.960 bits per heavy atom. The van der Waals surface area contributed by atoms with Crippen LogP contribution in [-0.2, 0) is 11.2 Å². The van der Waals surface area contributed by atoms with Gasteiger partial charge in [0.05, 0.1) is 11.1 Å². The summed E-state index contributed by atoms with van der Waals surface area (Å²) in [6.45, 7) is 4.02. The van der Waals surface area contributed by atoms with Gasteiger partial charge >= 0.3 is 0 Å². The minimum Gasteiger partial charge on any atom is -0.326 e. The second kappa shape index (κ2) is 6.89. The highest BCUT2D eigenvalue weighted by molar-refractivity contribution is 6.21. The number of imide groups is 1. The zero-order valence-electron chi connectivity index (χ0n) is 14.3. The Morgan fingerprint density at radius 2 is 1.52 bits per heavy atom.